The first kappa shape index (κ1) is 14.7. The molecule has 0 saturated carbocycles. The molecule has 0 spiro atoms. The highest BCUT2D eigenvalue weighted by atomic mass is 32.2. The molecule has 2 aromatic carbocycles. The lowest BCUT2D eigenvalue weighted by molar-refractivity contribution is 0.425. The molecule has 104 valence electrons. The van der Waals surface area contributed by atoms with Crippen LogP contribution in [0, 0.1) is 0 Å². The Morgan fingerprint density at radius 3 is 2.10 bits per heavy atom. The number of nitrogens with one attached hydrogen (secondary N) is 1. The molecule has 20 heavy (non-hydrogen) atoms. The van der Waals surface area contributed by atoms with Gasteiger partial charge < -0.3 is 10.0 Å². The highest BCUT2D eigenvalue weighted by Crippen LogP contribution is 2.08. The molecule has 3 N–H and O–H groups in total. The highest BCUT2D eigenvalue weighted by molar-refractivity contribution is 7.89. The van der Waals surface area contributed by atoms with Gasteiger partial charge in [0.15, 0.2) is 0 Å². The molecule has 0 aliphatic heterocycles. The van der Waals surface area contributed by atoms with Crippen LogP contribution in [0.1, 0.15) is 5.56 Å². The van der Waals surface area contributed by atoms with E-state index in [9.17, 15) is 8.42 Å². The summed E-state index contributed by atoms with van der Waals surface area (Å²) < 4.78 is 26.6. The summed E-state index contributed by atoms with van der Waals surface area (Å²) in [5, 5.41) is 17.9. The molecule has 2 aromatic rings. The SMILES string of the molecule is O=S(=O)(NCc1ccccc1)c1ccc(B(O)O)cc1. The molecule has 0 fully saturated rings. The van der Waals surface area contributed by atoms with Crippen molar-refractivity contribution in [1.29, 1.82) is 0 Å². The molecule has 0 bridgehead atoms. The smallest absolute Gasteiger partial charge is 0.423 e. The van der Waals surface area contributed by atoms with Crippen molar-refractivity contribution in [2.75, 3.05) is 0 Å². The summed E-state index contributed by atoms with van der Waals surface area (Å²) in [4.78, 5) is 0.0813. The molecule has 0 saturated heterocycles. The minimum atomic E-state index is -3.61. The molecule has 0 unspecified atom stereocenters. The molecule has 0 heterocycles. The molecule has 0 aromatic heterocycles. The average molecular weight is 291 g/mol. The van der Waals surface area contributed by atoms with Gasteiger partial charge in [-0.3, -0.25) is 0 Å². The van der Waals surface area contributed by atoms with Crippen molar-refractivity contribution >= 4 is 22.6 Å². The molecule has 2 rings (SSSR count). The first-order valence-corrected chi connectivity index (χ1v) is 7.47. The number of hydrogen-bond acceptors (Lipinski definition) is 4. The van der Waals surface area contributed by atoms with Gasteiger partial charge in [-0.15, -0.1) is 0 Å². The van der Waals surface area contributed by atoms with E-state index in [2.05, 4.69) is 4.72 Å². The standard InChI is InChI=1S/C13H14BNO4S/c16-14(17)12-6-8-13(9-7-12)20(18,19)15-10-11-4-2-1-3-5-11/h1-9,15-17H,10H2. The highest BCUT2D eigenvalue weighted by Gasteiger charge is 2.16. The lowest BCUT2D eigenvalue weighted by atomic mass is 9.81. The Balaban J connectivity index is 2.10. The van der Waals surface area contributed by atoms with Crippen LogP contribution in [0.5, 0.6) is 0 Å². The second kappa shape index (κ2) is 6.19. The van der Waals surface area contributed by atoms with E-state index in [-0.39, 0.29) is 16.9 Å². The monoisotopic (exact) mass is 291 g/mol. The fourth-order valence-corrected chi connectivity index (χ4v) is 2.69. The predicted octanol–water partition coefficient (Wildman–Crippen LogP) is -0.155. The van der Waals surface area contributed by atoms with Gasteiger partial charge in [-0.25, -0.2) is 13.1 Å². The molecule has 0 atom stereocenters. The first-order chi connectivity index (χ1) is 9.49. The quantitative estimate of drug-likeness (QED) is 0.668. The van der Waals surface area contributed by atoms with E-state index in [4.69, 9.17) is 10.0 Å². The number of rotatable bonds is 5. The summed E-state index contributed by atoms with van der Waals surface area (Å²) in [6.45, 7) is 0.202. The van der Waals surface area contributed by atoms with Crippen LogP contribution in [0.15, 0.2) is 59.5 Å². The normalized spacial score (nSPS) is 11.3. The van der Waals surface area contributed by atoms with Crippen LogP contribution in [0.3, 0.4) is 0 Å². The molecular formula is C13H14BNO4S. The lowest BCUT2D eigenvalue weighted by Crippen LogP contribution is -2.30. The minimum absolute atomic E-state index is 0.0813. The fraction of sp³-hybridized carbons (Fsp3) is 0.0769. The maximum Gasteiger partial charge on any atom is 0.488 e. The topological polar surface area (TPSA) is 86.6 Å². The zero-order valence-electron chi connectivity index (χ0n) is 10.6. The van der Waals surface area contributed by atoms with Gasteiger partial charge in [0.2, 0.25) is 10.0 Å². The van der Waals surface area contributed by atoms with Gasteiger partial charge in [0.1, 0.15) is 0 Å². The van der Waals surface area contributed by atoms with Crippen molar-refractivity contribution in [2.24, 2.45) is 0 Å². The van der Waals surface area contributed by atoms with Crippen molar-refractivity contribution in [1.82, 2.24) is 4.72 Å². The van der Waals surface area contributed by atoms with Crippen molar-refractivity contribution < 1.29 is 18.5 Å². The molecular weight excluding hydrogens is 277 g/mol. The molecule has 0 amide bonds. The van der Waals surface area contributed by atoms with Gasteiger partial charge in [-0.1, -0.05) is 42.5 Å². The summed E-state index contributed by atoms with van der Waals surface area (Å²) in [6, 6.07) is 14.6. The van der Waals surface area contributed by atoms with Gasteiger partial charge in [0.05, 0.1) is 4.90 Å². The Hall–Kier alpha value is -1.67. The second-order valence-corrected chi connectivity index (χ2v) is 6.02. The van der Waals surface area contributed by atoms with Gasteiger partial charge >= 0.3 is 7.12 Å². The van der Waals surface area contributed by atoms with Crippen LogP contribution in [0.4, 0.5) is 0 Å². The van der Waals surface area contributed by atoms with Crippen LogP contribution >= 0.6 is 0 Å². The number of sulfonamides is 1. The molecule has 0 aliphatic rings. The predicted molar refractivity (Wildman–Crippen MR) is 76.7 cm³/mol. The lowest BCUT2D eigenvalue weighted by Gasteiger charge is -2.07. The molecule has 7 heteroatoms. The van der Waals surface area contributed by atoms with Crippen LogP contribution in [0.2, 0.25) is 0 Å². The average Bonchev–Trinajstić information content (AvgIpc) is 2.46. The Labute approximate surface area is 118 Å². The number of hydrogen-bond donors (Lipinski definition) is 3. The maximum atomic E-state index is 12.1. The third-order valence-corrected chi connectivity index (χ3v) is 4.21. The van der Waals surface area contributed by atoms with Gasteiger partial charge in [-0.05, 0) is 23.2 Å². The summed E-state index contributed by atoms with van der Waals surface area (Å²) in [5.41, 5.74) is 1.10. The van der Waals surface area contributed by atoms with Crippen molar-refractivity contribution in [3.05, 3.63) is 60.2 Å². The van der Waals surface area contributed by atoms with Crippen LogP contribution < -0.4 is 10.2 Å². The van der Waals surface area contributed by atoms with E-state index in [1.165, 1.54) is 24.3 Å². The number of benzene rings is 2. The van der Waals surface area contributed by atoms with E-state index in [1.807, 2.05) is 30.3 Å². The van der Waals surface area contributed by atoms with E-state index in [1.54, 1.807) is 0 Å². The van der Waals surface area contributed by atoms with E-state index in [0.717, 1.165) is 5.56 Å². The molecule has 0 radical (unpaired) electrons. The first-order valence-electron chi connectivity index (χ1n) is 5.99. The van der Waals surface area contributed by atoms with Gasteiger partial charge in [-0.2, -0.15) is 0 Å². The largest absolute Gasteiger partial charge is 0.488 e. The third-order valence-electron chi connectivity index (χ3n) is 2.80. The van der Waals surface area contributed by atoms with E-state index in [0.29, 0.717) is 0 Å². The maximum absolute atomic E-state index is 12.1. The van der Waals surface area contributed by atoms with Crippen LogP contribution in [0.25, 0.3) is 0 Å². The zero-order chi connectivity index (χ0) is 14.6. The second-order valence-electron chi connectivity index (χ2n) is 4.25. The summed E-state index contributed by atoms with van der Waals surface area (Å²) >= 11 is 0. The van der Waals surface area contributed by atoms with Crippen LogP contribution in [-0.2, 0) is 16.6 Å². The van der Waals surface area contributed by atoms with Crippen LogP contribution in [-0.4, -0.2) is 25.6 Å². The van der Waals surface area contributed by atoms with E-state index < -0.39 is 17.1 Å². The Bertz CT molecular complexity index is 657. The van der Waals surface area contributed by atoms with Gasteiger partial charge in [0.25, 0.3) is 0 Å². The Morgan fingerprint density at radius 2 is 1.55 bits per heavy atom. The minimum Gasteiger partial charge on any atom is -0.423 e. The third kappa shape index (κ3) is 3.67. The van der Waals surface area contributed by atoms with Gasteiger partial charge in [0, 0.05) is 6.54 Å². The van der Waals surface area contributed by atoms with Crippen molar-refractivity contribution in [2.45, 2.75) is 11.4 Å². The Morgan fingerprint density at radius 1 is 0.950 bits per heavy atom. The van der Waals surface area contributed by atoms with Crippen molar-refractivity contribution in [3.63, 3.8) is 0 Å². The summed E-state index contributed by atoms with van der Waals surface area (Å²) in [6.07, 6.45) is 0. The fourth-order valence-electron chi connectivity index (χ4n) is 1.68. The summed E-state index contributed by atoms with van der Waals surface area (Å²) in [5.74, 6) is 0. The molecule has 5 nitrogen and oxygen atoms in total. The summed E-state index contributed by atoms with van der Waals surface area (Å²) in [7, 11) is -5.22. The Kier molecular flexibility index (Phi) is 4.56. The van der Waals surface area contributed by atoms with Crippen molar-refractivity contribution in [3.8, 4) is 0 Å². The zero-order valence-corrected chi connectivity index (χ0v) is 11.4. The van der Waals surface area contributed by atoms with E-state index >= 15 is 0 Å². The molecule has 0 aliphatic carbocycles.